The van der Waals surface area contributed by atoms with Gasteiger partial charge < -0.3 is 4.42 Å². The second kappa shape index (κ2) is 6.51. The fraction of sp³-hybridized carbons (Fsp3) is 0.188. The SMILES string of the molecule is CNS(=O)(=O)c1ccc(C)c(NS(=O)(=O)c2ccc3c(c2)oc(=O)n3C)c1. The molecule has 3 rings (SSSR count). The molecule has 9 nitrogen and oxygen atoms in total. The van der Waals surface area contributed by atoms with Gasteiger partial charge in [-0.15, -0.1) is 0 Å². The first-order valence-electron chi connectivity index (χ1n) is 7.72. The van der Waals surface area contributed by atoms with Crippen molar-refractivity contribution in [2.75, 3.05) is 11.8 Å². The number of benzene rings is 2. The molecular weight excluding hydrogens is 394 g/mol. The molecule has 0 unspecified atom stereocenters. The minimum absolute atomic E-state index is 0.0715. The molecule has 11 heteroatoms. The van der Waals surface area contributed by atoms with Gasteiger partial charge in [-0.1, -0.05) is 6.07 Å². The molecule has 0 saturated heterocycles. The van der Waals surface area contributed by atoms with Gasteiger partial charge in [-0.3, -0.25) is 9.29 Å². The number of oxazole rings is 1. The van der Waals surface area contributed by atoms with E-state index in [0.717, 1.165) is 0 Å². The number of sulfonamides is 2. The molecule has 0 aliphatic carbocycles. The summed E-state index contributed by atoms with van der Waals surface area (Å²) in [6.07, 6.45) is 0. The van der Waals surface area contributed by atoms with Crippen LogP contribution in [0.1, 0.15) is 5.56 Å². The molecular formula is C16H17N3O6S2. The molecule has 0 spiro atoms. The summed E-state index contributed by atoms with van der Waals surface area (Å²) in [6.45, 7) is 1.65. The van der Waals surface area contributed by atoms with Crippen molar-refractivity contribution in [3.8, 4) is 0 Å². The molecule has 0 saturated carbocycles. The van der Waals surface area contributed by atoms with E-state index in [1.807, 2.05) is 0 Å². The Bertz CT molecular complexity index is 1300. The average Bonchev–Trinajstić information content (AvgIpc) is 2.90. The molecule has 2 aromatic carbocycles. The first-order chi connectivity index (χ1) is 12.5. The van der Waals surface area contributed by atoms with E-state index in [0.29, 0.717) is 11.1 Å². The minimum Gasteiger partial charge on any atom is -0.408 e. The lowest BCUT2D eigenvalue weighted by Crippen LogP contribution is -2.19. The number of hydrogen-bond acceptors (Lipinski definition) is 6. The van der Waals surface area contributed by atoms with Gasteiger partial charge in [0.05, 0.1) is 21.0 Å². The average molecular weight is 411 g/mol. The third kappa shape index (κ3) is 3.48. The minimum atomic E-state index is -4.04. The lowest BCUT2D eigenvalue weighted by Gasteiger charge is -2.12. The van der Waals surface area contributed by atoms with E-state index in [4.69, 9.17) is 4.42 Å². The van der Waals surface area contributed by atoms with Crippen LogP contribution in [-0.4, -0.2) is 28.5 Å². The molecule has 0 aliphatic rings. The molecule has 0 atom stereocenters. The summed E-state index contributed by atoms with van der Waals surface area (Å²) in [6, 6.07) is 8.15. The van der Waals surface area contributed by atoms with Crippen LogP contribution in [-0.2, 0) is 27.1 Å². The number of fused-ring (bicyclic) bond motifs is 1. The lowest BCUT2D eigenvalue weighted by atomic mass is 10.2. The summed E-state index contributed by atoms with van der Waals surface area (Å²) in [5, 5.41) is 0. The number of anilines is 1. The van der Waals surface area contributed by atoms with Gasteiger partial charge in [-0.2, -0.15) is 0 Å². The van der Waals surface area contributed by atoms with Gasteiger partial charge in [0.1, 0.15) is 0 Å². The predicted molar refractivity (Wildman–Crippen MR) is 99.7 cm³/mol. The van der Waals surface area contributed by atoms with E-state index in [-0.39, 0.29) is 21.1 Å². The number of nitrogens with one attached hydrogen (secondary N) is 2. The van der Waals surface area contributed by atoms with E-state index in [1.165, 1.54) is 55.1 Å². The Morgan fingerprint density at radius 1 is 0.963 bits per heavy atom. The fourth-order valence-electron chi connectivity index (χ4n) is 2.48. The van der Waals surface area contributed by atoms with Crippen molar-refractivity contribution in [3.05, 3.63) is 52.5 Å². The highest BCUT2D eigenvalue weighted by Crippen LogP contribution is 2.25. The van der Waals surface area contributed by atoms with Crippen molar-refractivity contribution < 1.29 is 21.3 Å². The van der Waals surface area contributed by atoms with E-state index < -0.39 is 25.8 Å². The quantitative estimate of drug-likeness (QED) is 0.648. The first kappa shape index (κ1) is 19.1. The molecule has 1 heterocycles. The lowest BCUT2D eigenvalue weighted by molar-refractivity contribution is 0.527. The molecule has 0 amide bonds. The molecule has 1 aromatic heterocycles. The van der Waals surface area contributed by atoms with Crippen LogP contribution in [0, 0.1) is 6.92 Å². The zero-order valence-corrected chi connectivity index (χ0v) is 16.3. The van der Waals surface area contributed by atoms with Crippen molar-refractivity contribution in [2.24, 2.45) is 7.05 Å². The van der Waals surface area contributed by atoms with Crippen molar-refractivity contribution in [1.82, 2.24) is 9.29 Å². The molecule has 27 heavy (non-hydrogen) atoms. The number of aromatic nitrogens is 1. The summed E-state index contributed by atoms with van der Waals surface area (Å²) in [7, 11) is -4.98. The number of rotatable bonds is 5. The van der Waals surface area contributed by atoms with E-state index in [9.17, 15) is 21.6 Å². The zero-order chi connectivity index (χ0) is 20.0. The van der Waals surface area contributed by atoms with Gasteiger partial charge in [0.2, 0.25) is 10.0 Å². The van der Waals surface area contributed by atoms with Gasteiger partial charge in [0, 0.05) is 13.1 Å². The highest BCUT2D eigenvalue weighted by atomic mass is 32.2. The number of aryl methyl sites for hydroxylation is 2. The summed E-state index contributed by atoms with van der Waals surface area (Å²) >= 11 is 0. The highest BCUT2D eigenvalue weighted by molar-refractivity contribution is 7.92. The Balaban J connectivity index is 2.04. The molecule has 0 bridgehead atoms. The van der Waals surface area contributed by atoms with Crippen LogP contribution in [0.15, 0.2) is 55.4 Å². The number of nitrogens with zero attached hydrogens (tertiary/aromatic N) is 1. The van der Waals surface area contributed by atoms with Gasteiger partial charge in [0.15, 0.2) is 5.58 Å². The highest BCUT2D eigenvalue weighted by Gasteiger charge is 2.20. The predicted octanol–water partition coefficient (Wildman–Crippen LogP) is 1.15. The van der Waals surface area contributed by atoms with Crippen LogP contribution in [0.25, 0.3) is 11.1 Å². The molecule has 3 aromatic rings. The van der Waals surface area contributed by atoms with Crippen LogP contribution in [0.5, 0.6) is 0 Å². The van der Waals surface area contributed by atoms with Crippen molar-refractivity contribution in [2.45, 2.75) is 16.7 Å². The van der Waals surface area contributed by atoms with Crippen LogP contribution >= 0.6 is 0 Å². The molecule has 144 valence electrons. The standard InChI is InChI=1S/C16H17N3O6S2/c1-10-4-5-11(26(21,22)17-2)8-13(10)18-27(23,24)12-6-7-14-15(9-12)25-16(20)19(14)3/h4-9,17-18H,1-3H3. The van der Waals surface area contributed by atoms with Crippen molar-refractivity contribution in [3.63, 3.8) is 0 Å². The van der Waals surface area contributed by atoms with E-state index in [2.05, 4.69) is 9.44 Å². The summed E-state index contributed by atoms with van der Waals surface area (Å²) in [5.41, 5.74) is 1.26. The van der Waals surface area contributed by atoms with Gasteiger partial charge in [0.25, 0.3) is 10.0 Å². The third-order valence-electron chi connectivity index (χ3n) is 4.11. The molecule has 0 aliphatic heterocycles. The smallest absolute Gasteiger partial charge is 0.408 e. The maximum absolute atomic E-state index is 12.7. The van der Waals surface area contributed by atoms with Crippen LogP contribution in [0.4, 0.5) is 5.69 Å². The molecule has 2 N–H and O–H groups in total. The monoisotopic (exact) mass is 411 g/mol. The third-order valence-corrected chi connectivity index (χ3v) is 6.88. The summed E-state index contributed by atoms with van der Waals surface area (Å²) < 4.78 is 60.2. The second-order valence-corrected chi connectivity index (χ2v) is 9.42. The zero-order valence-electron chi connectivity index (χ0n) is 14.7. The Kier molecular flexibility index (Phi) is 4.62. The van der Waals surface area contributed by atoms with E-state index in [1.54, 1.807) is 6.92 Å². The Labute approximate surface area is 155 Å². The summed E-state index contributed by atoms with van der Waals surface area (Å²) in [5.74, 6) is -0.603. The van der Waals surface area contributed by atoms with E-state index >= 15 is 0 Å². The maximum atomic E-state index is 12.7. The van der Waals surface area contributed by atoms with Crippen LogP contribution in [0.2, 0.25) is 0 Å². The largest absolute Gasteiger partial charge is 0.419 e. The maximum Gasteiger partial charge on any atom is 0.419 e. The molecule has 0 fully saturated rings. The normalized spacial score (nSPS) is 12.4. The first-order valence-corrected chi connectivity index (χ1v) is 10.7. The Morgan fingerprint density at radius 3 is 2.26 bits per heavy atom. The van der Waals surface area contributed by atoms with Crippen LogP contribution in [0.3, 0.4) is 0 Å². The Morgan fingerprint density at radius 2 is 1.59 bits per heavy atom. The summed E-state index contributed by atoms with van der Waals surface area (Å²) in [4.78, 5) is 11.4. The topological polar surface area (TPSA) is 127 Å². The van der Waals surface area contributed by atoms with Crippen molar-refractivity contribution >= 4 is 36.8 Å². The van der Waals surface area contributed by atoms with Gasteiger partial charge >= 0.3 is 5.76 Å². The number of hydrogen-bond donors (Lipinski definition) is 2. The van der Waals surface area contributed by atoms with Crippen LogP contribution < -0.4 is 15.2 Å². The molecule has 0 radical (unpaired) electrons. The van der Waals surface area contributed by atoms with Crippen molar-refractivity contribution in [1.29, 1.82) is 0 Å². The van der Waals surface area contributed by atoms with Gasteiger partial charge in [-0.05, 0) is 43.8 Å². The fourth-order valence-corrected chi connectivity index (χ4v) is 4.37. The van der Waals surface area contributed by atoms with Gasteiger partial charge in [-0.25, -0.2) is 26.4 Å². The second-order valence-electron chi connectivity index (χ2n) is 5.85. The Hall–Kier alpha value is -2.63.